The van der Waals surface area contributed by atoms with Crippen LogP contribution in [0.2, 0.25) is 0 Å². The van der Waals surface area contributed by atoms with Crippen LogP contribution >= 0.6 is 11.3 Å². The van der Waals surface area contributed by atoms with Crippen molar-refractivity contribution in [3.05, 3.63) is 29.8 Å². The van der Waals surface area contributed by atoms with Crippen molar-refractivity contribution in [1.82, 2.24) is 29.7 Å². The number of hydrogen-bond donors (Lipinski definition) is 2. The summed E-state index contributed by atoms with van der Waals surface area (Å²) in [5.74, 6) is 0.0758. The van der Waals surface area contributed by atoms with Gasteiger partial charge < -0.3 is 10.6 Å². The summed E-state index contributed by atoms with van der Waals surface area (Å²) in [5.41, 5.74) is 1.97. The van der Waals surface area contributed by atoms with Crippen LogP contribution in [0.15, 0.2) is 18.6 Å². The number of carbonyl (C=O) groups is 1. The van der Waals surface area contributed by atoms with Gasteiger partial charge in [0.05, 0.1) is 30.2 Å². The fourth-order valence-electron chi connectivity index (χ4n) is 3.01. The molecule has 3 aromatic rings. The maximum atomic E-state index is 11.9. The second-order valence-electron chi connectivity index (χ2n) is 5.98. The average molecular weight is 345 g/mol. The molecular weight excluding hydrogens is 326 g/mol. The van der Waals surface area contributed by atoms with Gasteiger partial charge in [-0.05, 0) is 20.3 Å². The van der Waals surface area contributed by atoms with Crippen LogP contribution in [0, 0.1) is 6.92 Å². The third-order valence-electron chi connectivity index (χ3n) is 4.21. The number of aryl methyl sites for hydroxylation is 2. The first kappa shape index (κ1) is 15.1. The summed E-state index contributed by atoms with van der Waals surface area (Å²) in [4.78, 5) is 17.2. The number of piperidine rings is 1. The van der Waals surface area contributed by atoms with Crippen molar-refractivity contribution in [1.29, 1.82) is 0 Å². The Labute approximate surface area is 142 Å². The summed E-state index contributed by atoms with van der Waals surface area (Å²) in [6, 6.07) is -0.0290. The van der Waals surface area contributed by atoms with E-state index in [4.69, 9.17) is 0 Å². The lowest BCUT2D eigenvalue weighted by Crippen LogP contribution is -2.45. The summed E-state index contributed by atoms with van der Waals surface area (Å²) >= 11 is 1.52. The van der Waals surface area contributed by atoms with E-state index < -0.39 is 0 Å². The molecule has 1 aliphatic rings. The predicted molar refractivity (Wildman–Crippen MR) is 91.0 cm³/mol. The lowest BCUT2D eigenvalue weighted by Gasteiger charge is -2.32. The van der Waals surface area contributed by atoms with Crippen LogP contribution in [0.3, 0.4) is 0 Å². The van der Waals surface area contributed by atoms with Crippen molar-refractivity contribution in [3.8, 4) is 0 Å². The van der Waals surface area contributed by atoms with Gasteiger partial charge in [-0.15, -0.1) is 5.10 Å². The zero-order valence-corrected chi connectivity index (χ0v) is 14.4. The number of nitrogens with zero attached hydrogens (tertiary/aromatic N) is 5. The van der Waals surface area contributed by atoms with Crippen LogP contribution in [-0.4, -0.2) is 36.3 Å². The predicted octanol–water partition coefficient (Wildman–Crippen LogP) is 1.75. The number of nitrogens with one attached hydrogen (secondary N) is 2. The summed E-state index contributed by atoms with van der Waals surface area (Å²) in [5, 5.41) is 16.2. The van der Waals surface area contributed by atoms with Gasteiger partial charge in [-0.25, -0.2) is 9.50 Å². The molecule has 3 aromatic heterocycles. The minimum atomic E-state index is -0.107. The zero-order chi connectivity index (χ0) is 16.7. The molecule has 1 amide bonds. The van der Waals surface area contributed by atoms with E-state index in [-0.39, 0.29) is 18.0 Å². The quantitative estimate of drug-likeness (QED) is 0.752. The number of fused-ring (bicyclic) bond motifs is 1. The lowest BCUT2D eigenvalue weighted by atomic mass is 9.94. The molecule has 126 valence electrons. The smallest absolute Gasteiger partial charge is 0.220 e. The Morgan fingerprint density at radius 3 is 3.08 bits per heavy atom. The molecule has 2 N–H and O–H groups in total. The minimum absolute atomic E-state index is 0.0758. The Bertz CT molecular complexity index is 848. The van der Waals surface area contributed by atoms with E-state index in [9.17, 15) is 4.79 Å². The van der Waals surface area contributed by atoms with Crippen LogP contribution < -0.4 is 10.6 Å². The van der Waals surface area contributed by atoms with Crippen molar-refractivity contribution in [2.45, 2.75) is 45.3 Å². The number of aromatic nitrogens is 5. The Balaban J connectivity index is 1.58. The van der Waals surface area contributed by atoms with Crippen molar-refractivity contribution < 1.29 is 4.79 Å². The molecule has 0 aromatic carbocycles. The highest BCUT2D eigenvalue weighted by Gasteiger charge is 2.31. The fourth-order valence-corrected chi connectivity index (χ4v) is 3.90. The number of amides is 1. The first-order valence-electron chi connectivity index (χ1n) is 8.03. The Hall–Kier alpha value is -2.42. The third kappa shape index (κ3) is 2.75. The first-order chi connectivity index (χ1) is 11.6. The fraction of sp³-hybridized carbons (Fsp3) is 0.467. The summed E-state index contributed by atoms with van der Waals surface area (Å²) in [7, 11) is 0. The lowest BCUT2D eigenvalue weighted by molar-refractivity contribution is -0.123. The normalized spacial score (nSPS) is 21.2. The van der Waals surface area contributed by atoms with Crippen LogP contribution in [-0.2, 0) is 11.3 Å². The molecule has 0 spiro atoms. The van der Waals surface area contributed by atoms with E-state index in [2.05, 4.69) is 25.8 Å². The highest BCUT2D eigenvalue weighted by molar-refractivity contribution is 7.20. The molecule has 0 saturated carbocycles. The Kier molecular flexibility index (Phi) is 3.72. The standard InChI is InChI=1S/C15H19N7OS/c1-3-21-8-10(6-16-21)13-11(4-5-12(23)19-13)18-14-20-22-7-9(2)17-15(22)24-14/h6-8,11,13H,3-5H2,1-2H3,(H,18,20)(H,19,23)/t11-,13+/m1/s1. The molecule has 8 nitrogen and oxygen atoms in total. The Morgan fingerprint density at radius 2 is 2.33 bits per heavy atom. The molecule has 0 radical (unpaired) electrons. The van der Waals surface area contributed by atoms with Gasteiger partial charge in [-0.3, -0.25) is 9.48 Å². The molecule has 0 unspecified atom stereocenters. The maximum Gasteiger partial charge on any atom is 0.220 e. The number of carbonyl (C=O) groups excluding carboxylic acids is 1. The second-order valence-corrected chi connectivity index (χ2v) is 6.94. The van der Waals surface area contributed by atoms with E-state index in [1.54, 1.807) is 4.52 Å². The highest BCUT2D eigenvalue weighted by Crippen LogP contribution is 2.28. The number of rotatable bonds is 4. The van der Waals surface area contributed by atoms with E-state index in [1.165, 1.54) is 11.3 Å². The molecular formula is C15H19N7OS. The van der Waals surface area contributed by atoms with Crippen molar-refractivity contribution in [3.63, 3.8) is 0 Å². The van der Waals surface area contributed by atoms with E-state index in [0.29, 0.717) is 6.42 Å². The van der Waals surface area contributed by atoms with Crippen LogP contribution in [0.25, 0.3) is 4.96 Å². The SMILES string of the molecule is CCn1cc([C@@H]2NC(=O)CC[C@H]2Nc2nn3cc(C)nc3s2)cn1. The first-order valence-corrected chi connectivity index (χ1v) is 8.85. The molecule has 0 bridgehead atoms. The number of anilines is 1. The number of imidazole rings is 1. The van der Waals surface area contributed by atoms with E-state index >= 15 is 0 Å². The van der Waals surface area contributed by atoms with Crippen molar-refractivity contribution in [2.75, 3.05) is 5.32 Å². The minimum Gasteiger partial charge on any atom is -0.355 e. The molecule has 0 aliphatic carbocycles. The molecule has 9 heteroatoms. The summed E-state index contributed by atoms with van der Waals surface area (Å²) in [6.45, 7) is 4.80. The molecule has 4 rings (SSSR count). The molecule has 2 atom stereocenters. The average Bonchev–Trinajstić information content (AvgIpc) is 3.23. The van der Waals surface area contributed by atoms with Crippen molar-refractivity contribution >= 4 is 27.3 Å². The van der Waals surface area contributed by atoms with Gasteiger partial charge >= 0.3 is 0 Å². The second kappa shape index (κ2) is 5.90. The van der Waals surface area contributed by atoms with E-state index in [0.717, 1.165) is 34.3 Å². The monoisotopic (exact) mass is 345 g/mol. The van der Waals surface area contributed by atoms with Gasteiger partial charge in [0.15, 0.2) is 0 Å². The number of hydrogen-bond acceptors (Lipinski definition) is 6. The highest BCUT2D eigenvalue weighted by atomic mass is 32.1. The van der Waals surface area contributed by atoms with Gasteiger partial charge in [-0.1, -0.05) is 11.3 Å². The summed E-state index contributed by atoms with van der Waals surface area (Å²) in [6.07, 6.45) is 6.99. The Morgan fingerprint density at radius 1 is 1.46 bits per heavy atom. The summed E-state index contributed by atoms with van der Waals surface area (Å²) < 4.78 is 3.65. The van der Waals surface area contributed by atoms with Crippen LogP contribution in [0.4, 0.5) is 5.13 Å². The zero-order valence-electron chi connectivity index (χ0n) is 13.6. The molecule has 4 heterocycles. The molecule has 1 saturated heterocycles. The molecule has 24 heavy (non-hydrogen) atoms. The molecule has 1 fully saturated rings. The van der Waals surface area contributed by atoms with Gasteiger partial charge in [0.2, 0.25) is 16.0 Å². The van der Waals surface area contributed by atoms with Gasteiger partial charge in [-0.2, -0.15) is 5.10 Å². The topological polar surface area (TPSA) is 89.1 Å². The van der Waals surface area contributed by atoms with Gasteiger partial charge in [0.25, 0.3) is 0 Å². The van der Waals surface area contributed by atoms with Crippen LogP contribution in [0.1, 0.15) is 37.1 Å². The van der Waals surface area contributed by atoms with Gasteiger partial charge in [0, 0.05) is 24.7 Å². The maximum absolute atomic E-state index is 11.9. The van der Waals surface area contributed by atoms with E-state index in [1.807, 2.05) is 37.1 Å². The van der Waals surface area contributed by atoms with Gasteiger partial charge in [0.1, 0.15) is 0 Å². The largest absolute Gasteiger partial charge is 0.355 e. The molecule has 1 aliphatic heterocycles. The van der Waals surface area contributed by atoms with Crippen LogP contribution in [0.5, 0.6) is 0 Å². The third-order valence-corrected chi connectivity index (χ3v) is 5.06. The van der Waals surface area contributed by atoms with Crippen molar-refractivity contribution in [2.24, 2.45) is 0 Å².